The molecule has 4 heteroatoms. The Hall–Kier alpha value is -1.39. The molecule has 1 saturated heterocycles. The lowest BCUT2D eigenvalue weighted by molar-refractivity contribution is 0.0950. The van der Waals surface area contributed by atoms with Crippen LogP contribution in [0.15, 0.2) is 24.3 Å². The van der Waals surface area contributed by atoms with Crippen molar-refractivity contribution in [2.24, 2.45) is 5.92 Å². The van der Waals surface area contributed by atoms with Gasteiger partial charge < -0.3 is 15.4 Å². The maximum absolute atomic E-state index is 12.0. The van der Waals surface area contributed by atoms with Gasteiger partial charge in [-0.1, -0.05) is 12.1 Å². The van der Waals surface area contributed by atoms with Gasteiger partial charge >= 0.3 is 0 Å². The van der Waals surface area contributed by atoms with Gasteiger partial charge in [-0.2, -0.15) is 0 Å². The molecule has 0 spiro atoms. The summed E-state index contributed by atoms with van der Waals surface area (Å²) in [6.45, 7) is 3.56. The van der Waals surface area contributed by atoms with Crippen molar-refractivity contribution >= 4 is 5.91 Å². The average Bonchev–Trinajstić information content (AvgIpc) is 2.49. The molecule has 2 N–H and O–H groups in total. The molecule has 1 aliphatic rings. The molecule has 4 nitrogen and oxygen atoms in total. The number of carbonyl (C=O) groups excluding carboxylic acids is 1. The monoisotopic (exact) mass is 276 g/mol. The normalized spacial score (nSPS) is 18.8. The Bertz CT molecular complexity index is 411. The van der Waals surface area contributed by atoms with Gasteiger partial charge in [0.15, 0.2) is 0 Å². The fraction of sp³-hybridized carbons (Fsp3) is 0.562. The molecule has 1 heterocycles. The van der Waals surface area contributed by atoms with Gasteiger partial charge in [0.25, 0.3) is 5.91 Å². The smallest absolute Gasteiger partial charge is 0.251 e. The second-order valence-corrected chi connectivity index (χ2v) is 5.39. The summed E-state index contributed by atoms with van der Waals surface area (Å²) in [5.41, 5.74) is 1.80. The molecular weight excluding hydrogens is 252 g/mol. The van der Waals surface area contributed by atoms with Gasteiger partial charge in [-0.05, 0) is 56.0 Å². The van der Waals surface area contributed by atoms with E-state index >= 15 is 0 Å². The number of methoxy groups -OCH3 is 1. The minimum atomic E-state index is 0.0118. The Labute approximate surface area is 120 Å². The van der Waals surface area contributed by atoms with Crippen LogP contribution < -0.4 is 10.6 Å². The van der Waals surface area contributed by atoms with Crippen molar-refractivity contribution < 1.29 is 9.53 Å². The van der Waals surface area contributed by atoms with Gasteiger partial charge in [0, 0.05) is 19.2 Å². The molecule has 1 aliphatic heterocycles. The second kappa shape index (κ2) is 8.02. The number of piperidine rings is 1. The molecular formula is C16H24N2O2. The Morgan fingerprint density at radius 3 is 2.85 bits per heavy atom. The predicted molar refractivity (Wildman–Crippen MR) is 79.7 cm³/mol. The topological polar surface area (TPSA) is 50.4 Å². The van der Waals surface area contributed by atoms with Crippen LogP contribution in [0.3, 0.4) is 0 Å². The zero-order valence-corrected chi connectivity index (χ0v) is 12.2. The van der Waals surface area contributed by atoms with E-state index in [2.05, 4.69) is 10.6 Å². The number of amides is 1. The molecule has 1 amide bonds. The van der Waals surface area contributed by atoms with E-state index in [9.17, 15) is 4.79 Å². The largest absolute Gasteiger partial charge is 0.380 e. The number of ether oxygens (including phenoxy) is 1. The molecule has 1 aromatic rings. The van der Waals surface area contributed by atoms with E-state index in [0.717, 1.165) is 31.6 Å². The Morgan fingerprint density at radius 2 is 2.20 bits per heavy atom. The number of hydrogen-bond donors (Lipinski definition) is 2. The van der Waals surface area contributed by atoms with Crippen molar-refractivity contribution in [1.82, 2.24) is 10.6 Å². The molecule has 0 aromatic heterocycles. The van der Waals surface area contributed by atoms with E-state index in [1.165, 1.54) is 12.8 Å². The van der Waals surface area contributed by atoms with E-state index in [1.54, 1.807) is 7.11 Å². The number of carbonyl (C=O) groups is 1. The highest BCUT2D eigenvalue weighted by molar-refractivity contribution is 5.94. The average molecular weight is 276 g/mol. The quantitative estimate of drug-likeness (QED) is 0.835. The van der Waals surface area contributed by atoms with Crippen LogP contribution >= 0.6 is 0 Å². The summed E-state index contributed by atoms with van der Waals surface area (Å²) in [4.78, 5) is 12.0. The lowest BCUT2D eigenvalue weighted by Gasteiger charge is -2.22. The van der Waals surface area contributed by atoms with E-state index in [4.69, 9.17) is 4.74 Å². The third-order valence-corrected chi connectivity index (χ3v) is 3.76. The van der Waals surface area contributed by atoms with Gasteiger partial charge in [-0.3, -0.25) is 4.79 Å². The first-order valence-corrected chi connectivity index (χ1v) is 7.36. The molecule has 1 aromatic carbocycles. The van der Waals surface area contributed by atoms with Crippen molar-refractivity contribution in [2.45, 2.75) is 25.9 Å². The first-order valence-electron chi connectivity index (χ1n) is 7.36. The lowest BCUT2D eigenvalue weighted by Crippen LogP contribution is -2.33. The van der Waals surface area contributed by atoms with Crippen molar-refractivity contribution in [3.8, 4) is 0 Å². The fourth-order valence-electron chi connectivity index (χ4n) is 2.58. The summed E-state index contributed by atoms with van der Waals surface area (Å²) in [6, 6.07) is 7.57. The summed E-state index contributed by atoms with van der Waals surface area (Å²) in [6.07, 6.45) is 3.58. The summed E-state index contributed by atoms with van der Waals surface area (Å²) >= 11 is 0. The van der Waals surface area contributed by atoms with Crippen LogP contribution in [-0.4, -0.2) is 32.7 Å². The third kappa shape index (κ3) is 4.62. The summed E-state index contributed by atoms with van der Waals surface area (Å²) in [7, 11) is 1.67. The summed E-state index contributed by atoms with van der Waals surface area (Å²) in [5, 5.41) is 6.40. The molecule has 1 atom stereocenters. The van der Waals surface area contributed by atoms with Crippen LogP contribution in [0.4, 0.5) is 0 Å². The molecule has 2 rings (SSSR count). The van der Waals surface area contributed by atoms with Crippen LogP contribution in [0.2, 0.25) is 0 Å². The Morgan fingerprint density at radius 1 is 1.40 bits per heavy atom. The highest BCUT2D eigenvalue weighted by atomic mass is 16.5. The molecule has 0 bridgehead atoms. The molecule has 20 heavy (non-hydrogen) atoms. The molecule has 0 aliphatic carbocycles. The van der Waals surface area contributed by atoms with Crippen LogP contribution in [0.5, 0.6) is 0 Å². The van der Waals surface area contributed by atoms with Crippen molar-refractivity contribution in [3.63, 3.8) is 0 Å². The number of nitrogens with one attached hydrogen (secondary N) is 2. The molecule has 0 radical (unpaired) electrons. The van der Waals surface area contributed by atoms with Gasteiger partial charge in [0.05, 0.1) is 6.61 Å². The number of hydrogen-bond acceptors (Lipinski definition) is 3. The first-order chi connectivity index (χ1) is 9.79. The highest BCUT2D eigenvalue weighted by Crippen LogP contribution is 2.13. The van der Waals surface area contributed by atoms with Crippen molar-refractivity contribution in [3.05, 3.63) is 35.4 Å². The van der Waals surface area contributed by atoms with Crippen LogP contribution in [0.1, 0.15) is 35.2 Å². The van der Waals surface area contributed by atoms with E-state index in [1.807, 2.05) is 24.3 Å². The molecule has 0 saturated carbocycles. The highest BCUT2D eigenvalue weighted by Gasteiger charge is 2.13. The molecule has 1 unspecified atom stereocenters. The Balaban J connectivity index is 1.73. The number of rotatable bonds is 6. The minimum absolute atomic E-state index is 0.0118. The first kappa shape index (κ1) is 15.0. The van der Waals surface area contributed by atoms with Crippen LogP contribution in [0, 0.1) is 5.92 Å². The van der Waals surface area contributed by atoms with Crippen molar-refractivity contribution in [1.29, 1.82) is 0 Å². The predicted octanol–water partition coefficient (Wildman–Crippen LogP) is 1.95. The van der Waals surface area contributed by atoms with Gasteiger partial charge in [-0.15, -0.1) is 0 Å². The van der Waals surface area contributed by atoms with Gasteiger partial charge in [0.2, 0.25) is 0 Å². The molecule has 1 fully saturated rings. The number of benzene rings is 1. The lowest BCUT2D eigenvalue weighted by atomic mass is 9.96. The van der Waals surface area contributed by atoms with E-state index in [0.29, 0.717) is 18.1 Å². The summed E-state index contributed by atoms with van der Waals surface area (Å²) < 4.78 is 5.05. The zero-order valence-electron chi connectivity index (χ0n) is 12.2. The van der Waals surface area contributed by atoms with E-state index in [-0.39, 0.29) is 5.91 Å². The van der Waals surface area contributed by atoms with Gasteiger partial charge in [0.1, 0.15) is 0 Å². The maximum Gasteiger partial charge on any atom is 0.251 e. The molecule has 110 valence electrons. The summed E-state index contributed by atoms with van der Waals surface area (Å²) in [5.74, 6) is 0.714. The van der Waals surface area contributed by atoms with Gasteiger partial charge in [-0.25, -0.2) is 0 Å². The Kier molecular flexibility index (Phi) is 6.02. The maximum atomic E-state index is 12.0. The van der Waals surface area contributed by atoms with Crippen LogP contribution in [0.25, 0.3) is 0 Å². The standard InChI is InChI=1S/C16H24N2O2/c1-20-12-14-4-6-15(7-5-14)16(19)18-10-8-13-3-2-9-17-11-13/h4-7,13,17H,2-3,8-12H2,1H3,(H,18,19). The van der Waals surface area contributed by atoms with E-state index < -0.39 is 0 Å². The second-order valence-electron chi connectivity index (χ2n) is 5.39. The zero-order chi connectivity index (χ0) is 14.2. The third-order valence-electron chi connectivity index (χ3n) is 3.76. The van der Waals surface area contributed by atoms with Crippen LogP contribution in [-0.2, 0) is 11.3 Å². The fourth-order valence-corrected chi connectivity index (χ4v) is 2.58. The SMILES string of the molecule is COCc1ccc(C(=O)NCCC2CCCNC2)cc1. The minimum Gasteiger partial charge on any atom is -0.380 e. The van der Waals surface area contributed by atoms with Crippen molar-refractivity contribution in [2.75, 3.05) is 26.7 Å².